The zero-order chi connectivity index (χ0) is 12.6. The minimum Gasteiger partial charge on any atom is -0.481 e. The standard InChI is InChI=1S/C10H16O6/c1-7(2)15-6-16-9(4-10(12)13)5-14-8(3)11/h9H,1,4-6H2,2-3H3,(H,12,13). The Morgan fingerprint density at radius 2 is 1.94 bits per heavy atom. The van der Waals surface area contributed by atoms with Crippen LogP contribution in [0.3, 0.4) is 0 Å². The average Bonchev–Trinajstić information content (AvgIpc) is 2.12. The van der Waals surface area contributed by atoms with Gasteiger partial charge in [0.2, 0.25) is 0 Å². The second kappa shape index (κ2) is 7.70. The topological polar surface area (TPSA) is 82.1 Å². The number of esters is 1. The lowest BCUT2D eigenvalue weighted by Crippen LogP contribution is -2.25. The molecule has 92 valence electrons. The summed E-state index contributed by atoms with van der Waals surface area (Å²) in [7, 11) is 0. The van der Waals surface area contributed by atoms with Gasteiger partial charge >= 0.3 is 11.9 Å². The molecule has 0 aromatic carbocycles. The van der Waals surface area contributed by atoms with Crippen molar-refractivity contribution in [3.63, 3.8) is 0 Å². The summed E-state index contributed by atoms with van der Waals surface area (Å²) >= 11 is 0. The molecule has 1 N–H and O–H groups in total. The molecule has 0 rings (SSSR count). The fraction of sp³-hybridized carbons (Fsp3) is 0.600. The van der Waals surface area contributed by atoms with Crippen LogP contribution in [0.25, 0.3) is 0 Å². The van der Waals surface area contributed by atoms with E-state index in [1.807, 2.05) is 0 Å². The Labute approximate surface area is 93.8 Å². The van der Waals surface area contributed by atoms with Crippen molar-refractivity contribution >= 4 is 11.9 Å². The number of hydrogen-bond donors (Lipinski definition) is 1. The molecule has 0 amide bonds. The maximum absolute atomic E-state index is 10.5. The lowest BCUT2D eigenvalue weighted by atomic mass is 10.3. The normalized spacial score (nSPS) is 11.6. The number of allylic oxidation sites excluding steroid dienone is 1. The van der Waals surface area contributed by atoms with Crippen LogP contribution in [0.1, 0.15) is 20.3 Å². The molecule has 0 heterocycles. The van der Waals surface area contributed by atoms with Crippen molar-refractivity contribution in [1.82, 2.24) is 0 Å². The van der Waals surface area contributed by atoms with Crippen molar-refractivity contribution in [2.75, 3.05) is 13.4 Å². The Hall–Kier alpha value is -1.56. The number of carboxylic acid groups (broad SMARTS) is 1. The summed E-state index contributed by atoms with van der Waals surface area (Å²) in [5.74, 6) is -1.06. The predicted molar refractivity (Wildman–Crippen MR) is 54.5 cm³/mol. The molecule has 16 heavy (non-hydrogen) atoms. The van der Waals surface area contributed by atoms with Gasteiger partial charge in [0.15, 0.2) is 6.79 Å². The van der Waals surface area contributed by atoms with E-state index >= 15 is 0 Å². The van der Waals surface area contributed by atoms with E-state index in [2.05, 4.69) is 11.3 Å². The highest BCUT2D eigenvalue weighted by atomic mass is 16.7. The van der Waals surface area contributed by atoms with Gasteiger partial charge in [0.1, 0.15) is 12.7 Å². The molecule has 0 aromatic rings. The monoisotopic (exact) mass is 232 g/mol. The van der Waals surface area contributed by atoms with Crippen LogP contribution in [0.2, 0.25) is 0 Å². The molecule has 6 nitrogen and oxygen atoms in total. The molecule has 1 atom stereocenters. The van der Waals surface area contributed by atoms with Gasteiger partial charge in [-0.3, -0.25) is 9.59 Å². The van der Waals surface area contributed by atoms with E-state index in [0.29, 0.717) is 5.76 Å². The Balaban J connectivity index is 3.94. The van der Waals surface area contributed by atoms with Gasteiger partial charge in [-0.25, -0.2) is 0 Å². The fourth-order valence-electron chi connectivity index (χ4n) is 0.802. The molecule has 0 radical (unpaired) electrons. The molecular weight excluding hydrogens is 216 g/mol. The van der Waals surface area contributed by atoms with Crippen LogP contribution in [0.5, 0.6) is 0 Å². The van der Waals surface area contributed by atoms with Gasteiger partial charge in [0, 0.05) is 6.92 Å². The van der Waals surface area contributed by atoms with Gasteiger partial charge in [-0.1, -0.05) is 6.58 Å². The van der Waals surface area contributed by atoms with Crippen LogP contribution in [0.15, 0.2) is 12.3 Å². The third-order valence-corrected chi connectivity index (χ3v) is 1.48. The highest BCUT2D eigenvalue weighted by molar-refractivity contribution is 5.68. The highest BCUT2D eigenvalue weighted by Gasteiger charge is 2.15. The van der Waals surface area contributed by atoms with E-state index in [4.69, 9.17) is 14.6 Å². The van der Waals surface area contributed by atoms with Crippen LogP contribution >= 0.6 is 0 Å². The van der Waals surface area contributed by atoms with Gasteiger partial charge in [-0.2, -0.15) is 0 Å². The summed E-state index contributed by atoms with van der Waals surface area (Å²) in [5, 5.41) is 8.58. The number of carbonyl (C=O) groups is 2. The largest absolute Gasteiger partial charge is 0.481 e. The predicted octanol–water partition coefficient (Wildman–Crippen LogP) is 0.917. The van der Waals surface area contributed by atoms with Gasteiger partial charge in [0.25, 0.3) is 0 Å². The lowest BCUT2D eigenvalue weighted by Gasteiger charge is -2.15. The SMILES string of the molecule is C=C(C)OCOC(COC(C)=O)CC(=O)O. The summed E-state index contributed by atoms with van der Waals surface area (Å²) in [6.07, 6.45) is -0.979. The van der Waals surface area contributed by atoms with E-state index < -0.39 is 18.0 Å². The van der Waals surface area contributed by atoms with Crippen molar-refractivity contribution in [2.45, 2.75) is 26.4 Å². The minimum atomic E-state index is -1.03. The van der Waals surface area contributed by atoms with E-state index in [0.717, 1.165) is 0 Å². The molecule has 6 heteroatoms. The summed E-state index contributed by atoms with van der Waals surface area (Å²) in [4.78, 5) is 21.0. The number of rotatable bonds is 8. The Kier molecular flexibility index (Phi) is 6.95. The second-order valence-corrected chi connectivity index (χ2v) is 3.15. The van der Waals surface area contributed by atoms with Crippen molar-refractivity contribution in [3.05, 3.63) is 12.3 Å². The molecule has 0 saturated heterocycles. The smallest absolute Gasteiger partial charge is 0.306 e. The average molecular weight is 232 g/mol. The van der Waals surface area contributed by atoms with Gasteiger partial charge in [-0.15, -0.1) is 0 Å². The molecule has 0 aliphatic rings. The lowest BCUT2D eigenvalue weighted by molar-refractivity contribution is -0.155. The van der Waals surface area contributed by atoms with Crippen LogP contribution in [-0.4, -0.2) is 36.5 Å². The zero-order valence-corrected chi connectivity index (χ0v) is 9.39. The van der Waals surface area contributed by atoms with Crippen LogP contribution in [-0.2, 0) is 23.8 Å². The quantitative estimate of drug-likeness (QED) is 0.380. The number of hydrogen-bond acceptors (Lipinski definition) is 5. The molecule has 1 unspecified atom stereocenters. The third-order valence-electron chi connectivity index (χ3n) is 1.48. The van der Waals surface area contributed by atoms with E-state index in [-0.39, 0.29) is 19.8 Å². The van der Waals surface area contributed by atoms with Crippen molar-refractivity contribution < 1.29 is 28.9 Å². The first-order valence-corrected chi connectivity index (χ1v) is 4.67. The Morgan fingerprint density at radius 1 is 1.31 bits per heavy atom. The van der Waals surface area contributed by atoms with Gasteiger partial charge < -0.3 is 19.3 Å². The van der Waals surface area contributed by atoms with Crippen LogP contribution < -0.4 is 0 Å². The van der Waals surface area contributed by atoms with Crippen LogP contribution in [0, 0.1) is 0 Å². The first kappa shape index (κ1) is 14.4. The van der Waals surface area contributed by atoms with Crippen molar-refractivity contribution in [1.29, 1.82) is 0 Å². The number of carboxylic acids is 1. The van der Waals surface area contributed by atoms with E-state index in [1.54, 1.807) is 6.92 Å². The van der Waals surface area contributed by atoms with Crippen molar-refractivity contribution in [3.8, 4) is 0 Å². The summed E-state index contributed by atoms with van der Waals surface area (Å²) < 4.78 is 14.6. The maximum atomic E-state index is 10.5. The second-order valence-electron chi connectivity index (χ2n) is 3.15. The number of aliphatic carboxylic acids is 1. The molecule has 0 spiro atoms. The highest BCUT2D eigenvalue weighted by Crippen LogP contribution is 2.02. The molecule has 0 aliphatic heterocycles. The van der Waals surface area contributed by atoms with Crippen molar-refractivity contribution in [2.24, 2.45) is 0 Å². The Morgan fingerprint density at radius 3 is 2.38 bits per heavy atom. The van der Waals surface area contributed by atoms with E-state index in [1.165, 1.54) is 6.92 Å². The number of carbonyl (C=O) groups excluding carboxylic acids is 1. The summed E-state index contributed by atoms with van der Waals surface area (Å²) in [6, 6.07) is 0. The molecule has 0 fully saturated rings. The van der Waals surface area contributed by atoms with Gasteiger partial charge in [-0.05, 0) is 6.92 Å². The fourth-order valence-corrected chi connectivity index (χ4v) is 0.802. The first-order chi connectivity index (χ1) is 7.41. The third kappa shape index (κ3) is 9.01. The summed E-state index contributed by atoms with van der Waals surface area (Å²) in [5.41, 5.74) is 0. The number of ether oxygens (including phenoxy) is 3. The molecule has 0 saturated carbocycles. The Bertz CT molecular complexity index is 260. The minimum absolute atomic E-state index is 0.110. The zero-order valence-electron chi connectivity index (χ0n) is 9.39. The molecule has 0 aromatic heterocycles. The van der Waals surface area contributed by atoms with E-state index in [9.17, 15) is 9.59 Å². The van der Waals surface area contributed by atoms with Gasteiger partial charge in [0.05, 0.1) is 12.2 Å². The maximum Gasteiger partial charge on any atom is 0.306 e. The van der Waals surface area contributed by atoms with Crippen LogP contribution in [0.4, 0.5) is 0 Å². The molecule has 0 aliphatic carbocycles. The molecule has 0 bridgehead atoms. The summed E-state index contributed by atoms with van der Waals surface area (Å²) in [6.45, 7) is 6.14. The molecular formula is C10H16O6. The first-order valence-electron chi connectivity index (χ1n) is 4.67.